The average Bonchev–Trinajstić information content (AvgIpc) is 3.38. The van der Waals surface area contributed by atoms with E-state index in [4.69, 9.17) is 21.4 Å². The zero-order valence-corrected chi connectivity index (χ0v) is 18.1. The number of nitrogens with one attached hydrogen (secondary N) is 1. The molecule has 3 heterocycles. The van der Waals surface area contributed by atoms with Crippen molar-refractivity contribution in [3.63, 3.8) is 0 Å². The van der Waals surface area contributed by atoms with Gasteiger partial charge in [-0.3, -0.25) is 15.1 Å². The second kappa shape index (κ2) is 8.35. The topological polar surface area (TPSA) is 93.7 Å². The minimum absolute atomic E-state index is 0.0427. The van der Waals surface area contributed by atoms with Gasteiger partial charge in [-0.25, -0.2) is 0 Å². The highest BCUT2D eigenvalue weighted by Crippen LogP contribution is 2.42. The molecular weight excluding hydrogens is 416 g/mol. The lowest BCUT2D eigenvalue weighted by Gasteiger charge is -2.29. The van der Waals surface area contributed by atoms with E-state index in [1.54, 1.807) is 12.3 Å². The summed E-state index contributed by atoms with van der Waals surface area (Å²) >= 11 is 5.61. The lowest BCUT2D eigenvalue weighted by Crippen LogP contribution is -2.35. The Balaban J connectivity index is 1.75. The predicted octanol–water partition coefficient (Wildman–Crippen LogP) is 4.64. The molecule has 2 aromatic heterocycles. The van der Waals surface area contributed by atoms with Gasteiger partial charge in [-0.2, -0.15) is 0 Å². The van der Waals surface area contributed by atoms with Gasteiger partial charge in [-0.15, -0.1) is 0 Å². The molecule has 0 bridgehead atoms. The Labute approximate surface area is 185 Å². The maximum absolute atomic E-state index is 11.1. The fourth-order valence-electron chi connectivity index (χ4n) is 3.88. The van der Waals surface area contributed by atoms with Crippen LogP contribution in [0.4, 0.5) is 5.69 Å². The van der Waals surface area contributed by atoms with Crippen molar-refractivity contribution in [2.75, 3.05) is 7.11 Å². The van der Waals surface area contributed by atoms with Gasteiger partial charge in [0.05, 0.1) is 35.4 Å². The Morgan fingerprint density at radius 3 is 2.71 bits per heavy atom. The number of furan rings is 1. The van der Waals surface area contributed by atoms with Crippen molar-refractivity contribution in [2.45, 2.75) is 32.0 Å². The van der Waals surface area contributed by atoms with Crippen molar-refractivity contribution < 1.29 is 14.1 Å². The van der Waals surface area contributed by atoms with Gasteiger partial charge in [0.15, 0.2) is 5.11 Å². The number of rotatable bonds is 6. The summed E-state index contributed by atoms with van der Waals surface area (Å²) in [6.45, 7) is 4.15. The predicted molar refractivity (Wildman–Crippen MR) is 120 cm³/mol. The SMILES string of the molecule is COc1cc([N+](=O)[O-])ccc1-c1ccc([C@@H]2[C@@H](c3ccccn3)NC(=S)N2C(C)C)o1. The minimum Gasteiger partial charge on any atom is -0.496 e. The van der Waals surface area contributed by atoms with Crippen LogP contribution in [0, 0.1) is 10.1 Å². The van der Waals surface area contributed by atoms with Crippen molar-refractivity contribution in [3.8, 4) is 17.1 Å². The van der Waals surface area contributed by atoms with Crippen LogP contribution in [0.5, 0.6) is 5.75 Å². The molecule has 0 spiro atoms. The van der Waals surface area contributed by atoms with Crippen LogP contribution >= 0.6 is 12.2 Å². The second-order valence-electron chi connectivity index (χ2n) is 7.47. The number of nitrogens with zero attached hydrogens (tertiary/aromatic N) is 3. The number of nitro benzene ring substituents is 1. The fraction of sp³-hybridized carbons (Fsp3) is 0.273. The van der Waals surface area contributed by atoms with E-state index >= 15 is 0 Å². The molecule has 8 nitrogen and oxygen atoms in total. The molecule has 0 unspecified atom stereocenters. The molecule has 1 N–H and O–H groups in total. The third-order valence-electron chi connectivity index (χ3n) is 5.27. The van der Waals surface area contributed by atoms with Crippen molar-refractivity contribution in [3.05, 3.63) is 76.3 Å². The number of non-ortho nitro benzene ring substituents is 1. The Morgan fingerprint density at radius 1 is 1.26 bits per heavy atom. The first-order chi connectivity index (χ1) is 14.9. The highest BCUT2D eigenvalue weighted by atomic mass is 32.1. The molecule has 1 saturated heterocycles. The van der Waals surface area contributed by atoms with Gasteiger partial charge in [0, 0.05) is 18.3 Å². The maximum atomic E-state index is 11.1. The van der Waals surface area contributed by atoms with Crippen molar-refractivity contribution in [1.29, 1.82) is 0 Å². The third-order valence-corrected chi connectivity index (χ3v) is 5.60. The van der Waals surface area contributed by atoms with Crippen LogP contribution in [0.25, 0.3) is 11.3 Å². The number of methoxy groups -OCH3 is 1. The van der Waals surface area contributed by atoms with Gasteiger partial charge in [0.2, 0.25) is 0 Å². The largest absolute Gasteiger partial charge is 0.496 e. The van der Waals surface area contributed by atoms with E-state index in [9.17, 15) is 10.1 Å². The highest BCUT2D eigenvalue weighted by Gasteiger charge is 2.42. The summed E-state index contributed by atoms with van der Waals surface area (Å²) in [7, 11) is 1.48. The molecule has 2 atom stereocenters. The standard InChI is InChI=1S/C22H22N4O4S/c1-13(2)25-21(20(24-22(25)31)16-6-4-5-11-23-16)18-10-9-17(30-18)15-8-7-14(26(27)28)12-19(15)29-3/h4-13,20-21H,1-3H3,(H,24,31)/t20-,21-/m1/s1. The molecule has 31 heavy (non-hydrogen) atoms. The van der Waals surface area contributed by atoms with E-state index in [0.29, 0.717) is 27.9 Å². The number of pyridine rings is 1. The van der Waals surface area contributed by atoms with Gasteiger partial charge < -0.3 is 19.4 Å². The molecule has 0 saturated carbocycles. The first kappa shape index (κ1) is 20.8. The third kappa shape index (κ3) is 3.84. The fourth-order valence-corrected chi connectivity index (χ4v) is 4.33. The van der Waals surface area contributed by atoms with E-state index in [2.05, 4.69) is 29.0 Å². The molecule has 0 amide bonds. The van der Waals surface area contributed by atoms with E-state index in [0.717, 1.165) is 5.69 Å². The van der Waals surface area contributed by atoms with Crippen LogP contribution in [-0.4, -0.2) is 33.1 Å². The zero-order chi connectivity index (χ0) is 22.1. The summed E-state index contributed by atoms with van der Waals surface area (Å²) in [6.07, 6.45) is 1.75. The summed E-state index contributed by atoms with van der Waals surface area (Å²) in [5, 5.41) is 15.1. The Hall–Kier alpha value is -3.46. The van der Waals surface area contributed by atoms with Crippen LogP contribution in [0.3, 0.4) is 0 Å². The quantitative estimate of drug-likeness (QED) is 0.338. The van der Waals surface area contributed by atoms with Crippen LogP contribution < -0.4 is 10.1 Å². The molecule has 0 aliphatic carbocycles. The van der Waals surface area contributed by atoms with Crippen molar-refractivity contribution in [1.82, 2.24) is 15.2 Å². The highest BCUT2D eigenvalue weighted by molar-refractivity contribution is 7.80. The first-order valence-electron chi connectivity index (χ1n) is 9.83. The molecular formula is C22H22N4O4S. The molecule has 1 fully saturated rings. The van der Waals surface area contributed by atoms with Gasteiger partial charge in [-0.1, -0.05) is 6.07 Å². The molecule has 0 radical (unpaired) electrons. The number of thiocarbonyl (C=S) groups is 1. The van der Waals surface area contributed by atoms with E-state index in [1.165, 1.54) is 19.2 Å². The molecule has 3 aromatic rings. The van der Waals surface area contributed by atoms with Crippen molar-refractivity contribution in [2.24, 2.45) is 0 Å². The van der Waals surface area contributed by atoms with Crippen LogP contribution in [0.2, 0.25) is 0 Å². The smallest absolute Gasteiger partial charge is 0.273 e. The molecule has 1 aliphatic rings. The first-order valence-corrected chi connectivity index (χ1v) is 10.2. The number of hydrogen-bond acceptors (Lipinski definition) is 6. The number of ether oxygens (including phenoxy) is 1. The number of hydrogen-bond donors (Lipinski definition) is 1. The number of benzene rings is 1. The molecule has 4 rings (SSSR count). The van der Waals surface area contributed by atoms with Crippen LogP contribution in [0.1, 0.15) is 37.4 Å². The van der Waals surface area contributed by atoms with E-state index in [-0.39, 0.29) is 23.8 Å². The van der Waals surface area contributed by atoms with Gasteiger partial charge in [0.1, 0.15) is 23.3 Å². The van der Waals surface area contributed by atoms with Crippen molar-refractivity contribution >= 4 is 23.0 Å². The normalized spacial score (nSPS) is 18.3. The summed E-state index contributed by atoms with van der Waals surface area (Å²) in [5.41, 5.74) is 1.46. The summed E-state index contributed by atoms with van der Waals surface area (Å²) in [4.78, 5) is 17.2. The van der Waals surface area contributed by atoms with Gasteiger partial charge in [-0.05, 0) is 56.4 Å². The average molecular weight is 439 g/mol. The molecule has 1 aliphatic heterocycles. The summed E-state index contributed by atoms with van der Waals surface area (Å²) in [5.74, 6) is 1.65. The zero-order valence-electron chi connectivity index (χ0n) is 17.3. The summed E-state index contributed by atoms with van der Waals surface area (Å²) in [6, 6.07) is 13.7. The maximum Gasteiger partial charge on any atom is 0.273 e. The van der Waals surface area contributed by atoms with Gasteiger partial charge in [0.25, 0.3) is 5.69 Å². The van der Waals surface area contributed by atoms with Gasteiger partial charge >= 0.3 is 0 Å². The van der Waals surface area contributed by atoms with E-state index in [1.807, 2.05) is 30.3 Å². The number of aromatic nitrogens is 1. The molecule has 1 aromatic carbocycles. The Kier molecular flexibility index (Phi) is 5.60. The lowest BCUT2D eigenvalue weighted by atomic mass is 10.0. The molecule has 9 heteroatoms. The molecule has 160 valence electrons. The minimum atomic E-state index is -0.455. The number of nitro groups is 1. The monoisotopic (exact) mass is 438 g/mol. The second-order valence-corrected chi connectivity index (χ2v) is 7.86. The summed E-state index contributed by atoms with van der Waals surface area (Å²) < 4.78 is 11.6. The Bertz CT molecular complexity index is 1120. The van der Waals surface area contributed by atoms with Crippen LogP contribution in [0.15, 0.2) is 59.1 Å². The lowest BCUT2D eigenvalue weighted by molar-refractivity contribution is -0.384. The Morgan fingerprint density at radius 2 is 2.06 bits per heavy atom. The van der Waals surface area contributed by atoms with E-state index < -0.39 is 4.92 Å². The van der Waals surface area contributed by atoms with Crippen LogP contribution in [-0.2, 0) is 0 Å².